The summed E-state index contributed by atoms with van der Waals surface area (Å²) < 4.78 is 2.20. The Morgan fingerprint density at radius 3 is 2.43 bits per heavy atom. The molecule has 0 atom stereocenters. The van der Waals surface area contributed by atoms with Crippen LogP contribution < -0.4 is 10.6 Å². The van der Waals surface area contributed by atoms with Gasteiger partial charge < -0.3 is 5.32 Å². The van der Waals surface area contributed by atoms with E-state index in [9.17, 15) is 9.59 Å². The Bertz CT molecular complexity index is 274. The van der Waals surface area contributed by atoms with Crippen molar-refractivity contribution in [3.63, 3.8) is 0 Å². The minimum Gasteiger partial charge on any atom is -0.323 e. The fourth-order valence-electron chi connectivity index (χ4n) is 1.93. The zero-order valence-electron chi connectivity index (χ0n) is 8.00. The molecule has 2 N–H and O–H groups in total. The summed E-state index contributed by atoms with van der Waals surface area (Å²) in [6.45, 7) is 1.68. The van der Waals surface area contributed by atoms with Crippen molar-refractivity contribution < 1.29 is 9.59 Å². The lowest BCUT2D eigenvalue weighted by atomic mass is 9.89. The molecule has 2 saturated heterocycles. The lowest BCUT2D eigenvalue weighted by Gasteiger charge is -2.35. The van der Waals surface area contributed by atoms with E-state index >= 15 is 0 Å². The third kappa shape index (κ3) is 1.48. The molecule has 0 aromatic heterocycles. The molecule has 5 nitrogen and oxygen atoms in total. The van der Waals surface area contributed by atoms with E-state index < -0.39 is 5.54 Å². The van der Waals surface area contributed by atoms with Crippen molar-refractivity contribution in [2.75, 3.05) is 19.3 Å². The monoisotopic (exact) mass is 215 g/mol. The van der Waals surface area contributed by atoms with Gasteiger partial charge in [0, 0.05) is 13.1 Å². The molecule has 2 fully saturated rings. The van der Waals surface area contributed by atoms with E-state index in [-0.39, 0.29) is 11.9 Å². The molecule has 0 saturated carbocycles. The van der Waals surface area contributed by atoms with Crippen molar-refractivity contribution in [1.82, 2.24) is 14.9 Å². The highest BCUT2D eigenvalue weighted by Gasteiger charge is 2.47. The Morgan fingerprint density at radius 2 is 2.00 bits per heavy atom. The van der Waals surface area contributed by atoms with Crippen molar-refractivity contribution in [1.29, 1.82) is 0 Å². The number of amides is 3. The molecular formula is C8H13N3O2S. The van der Waals surface area contributed by atoms with Gasteiger partial charge in [0.05, 0.1) is 0 Å². The summed E-state index contributed by atoms with van der Waals surface area (Å²) in [5.74, 6) is -0.164. The normalized spacial score (nSPS) is 26.4. The van der Waals surface area contributed by atoms with Crippen LogP contribution in [0.1, 0.15) is 12.8 Å². The van der Waals surface area contributed by atoms with Gasteiger partial charge in [0.2, 0.25) is 0 Å². The maximum Gasteiger partial charge on any atom is 0.322 e. The van der Waals surface area contributed by atoms with Crippen molar-refractivity contribution in [3.8, 4) is 0 Å². The molecular weight excluding hydrogens is 202 g/mol. The van der Waals surface area contributed by atoms with Crippen LogP contribution in [0.5, 0.6) is 0 Å². The number of hydrogen-bond acceptors (Lipinski definition) is 4. The highest BCUT2D eigenvalue weighted by Crippen LogP contribution is 2.27. The van der Waals surface area contributed by atoms with Crippen LogP contribution in [0.2, 0.25) is 0 Å². The van der Waals surface area contributed by atoms with Crippen LogP contribution in [0.15, 0.2) is 0 Å². The summed E-state index contributed by atoms with van der Waals surface area (Å²) >= 11 is 1.68. The minimum absolute atomic E-state index is 0.164. The SMILES string of the molecule is CSN1CCC2(CC1)NC(=O)NC2=O. The van der Waals surface area contributed by atoms with Gasteiger partial charge in [-0.15, -0.1) is 0 Å². The Labute approximate surface area is 86.7 Å². The summed E-state index contributed by atoms with van der Waals surface area (Å²) in [6, 6.07) is -0.354. The molecule has 6 heteroatoms. The Morgan fingerprint density at radius 1 is 1.36 bits per heavy atom. The number of carbonyl (C=O) groups is 2. The molecule has 78 valence electrons. The molecule has 14 heavy (non-hydrogen) atoms. The van der Waals surface area contributed by atoms with Gasteiger partial charge in [-0.05, 0) is 19.1 Å². The van der Waals surface area contributed by atoms with Gasteiger partial charge in [-0.3, -0.25) is 14.4 Å². The average molecular weight is 215 g/mol. The van der Waals surface area contributed by atoms with Crippen LogP contribution in [0.25, 0.3) is 0 Å². The molecule has 2 heterocycles. The van der Waals surface area contributed by atoms with Crippen LogP contribution in [0.4, 0.5) is 4.79 Å². The Balaban J connectivity index is 2.05. The van der Waals surface area contributed by atoms with Crippen molar-refractivity contribution in [2.24, 2.45) is 0 Å². The summed E-state index contributed by atoms with van der Waals surface area (Å²) in [7, 11) is 0. The number of nitrogens with zero attached hydrogens (tertiary/aromatic N) is 1. The first-order chi connectivity index (χ1) is 6.66. The van der Waals surface area contributed by atoms with E-state index in [1.807, 2.05) is 6.26 Å². The van der Waals surface area contributed by atoms with Crippen LogP contribution in [-0.4, -0.2) is 41.1 Å². The summed E-state index contributed by atoms with van der Waals surface area (Å²) in [4.78, 5) is 22.6. The maximum atomic E-state index is 11.5. The third-order valence-electron chi connectivity index (χ3n) is 2.85. The standard InChI is InChI=1S/C8H13N3O2S/c1-14-11-4-2-8(3-5-11)6(12)9-7(13)10-8/h2-5H2,1H3,(H2,9,10,12,13). The number of nitrogens with one attached hydrogen (secondary N) is 2. The molecule has 0 bridgehead atoms. The quantitative estimate of drug-likeness (QED) is 0.475. The molecule has 2 rings (SSSR count). The number of piperidine rings is 1. The molecule has 0 radical (unpaired) electrons. The number of imide groups is 1. The highest BCUT2D eigenvalue weighted by molar-refractivity contribution is 7.96. The topological polar surface area (TPSA) is 61.4 Å². The largest absolute Gasteiger partial charge is 0.323 e. The zero-order valence-corrected chi connectivity index (χ0v) is 8.82. The van der Waals surface area contributed by atoms with Gasteiger partial charge in [0.25, 0.3) is 5.91 Å². The fraction of sp³-hybridized carbons (Fsp3) is 0.750. The van der Waals surface area contributed by atoms with Gasteiger partial charge in [0.1, 0.15) is 5.54 Å². The molecule has 2 aliphatic heterocycles. The molecule has 2 aliphatic rings. The van der Waals surface area contributed by atoms with Crippen LogP contribution in [0, 0.1) is 0 Å². The van der Waals surface area contributed by atoms with Crippen molar-refractivity contribution in [2.45, 2.75) is 18.4 Å². The van der Waals surface area contributed by atoms with Gasteiger partial charge in [-0.2, -0.15) is 0 Å². The Hall–Kier alpha value is -0.750. The van der Waals surface area contributed by atoms with Gasteiger partial charge in [-0.25, -0.2) is 4.79 Å². The average Bonchev–Trinajstić information content (AvgIpc) is 2.43. The molecule has 0 unspecified atom stereocenters. The second kappa shape index (κ2) is 3.43. The zero-order chi connectivity index (χ0) is 10.2. The predicted octanol–water partition coefficient (Wildman–Crippen LogP) is -0.0616. The van der Waals surface area contributed by atoms with E-state index in [0.717, 1.165) is 13.1 Å². The van der Waals surface area contributed by atoms with Crippen LogP contribution >= 0.6 is 11.9 Å². The summed E-state index contributed by atoms with van der Waals surface area (Å²) in [6.07, 6.45) is 3.42. The molecule has 0 aliphatic carbocycles. The molecule has 3 amide bonds. The number of carbonyl (C=O) groups excluding carboxylic acids is 2. The van der Waals surface area contributed by atoms with E-state index in [1.165, 1.54) is 0 Å². The van der Waals surface area contributed by atoms with Gasteiger partial charge in [-0.1, -0.05) is 11.9 Å². The van der Waals surface area contributed by atoms with Crippen molar-refractivity contribution in [3.05, 3.63) is 0 Å². The Kier molecular flexibility index (Phi) is 2.40. The van der Waals surface area contributed by atoms with E-state index in [2.05, 4.69) is 14.9 Å². The van der Waals surface area contributed by atoms with Crippen LogP contribution in [0.3, 0.4) is 0 Å². The van der Waals surface area contributed by atoms with E-state index in [1.54, 1.807) is 11.9 Å². The second-order valence-corrected chi connectivity index (χ2v) is 4.48. The first-order valence-corrected chi connectivity index (χ1v) is 5.77. The fourth-order valence-corrected chi connectivity index (χ4v) is 2.48. The predicted molar refractivity (Wildman–Crippen MR) is 53.7 cm³/mol. The van der Waals surface area contributed by atoms with E-state index in [4.69, 9.17) is 0 Å². The third-order valence-corrected chi connectivity index (χ3v) is 3.73. The van der Waals surface area contributed by atoms with Crippen molar-refractivity contribution >= 4 is 23.9 Å². The number of rotatable bonds is 1. The van der Waals surface area contributed by atoms with E-state index in [0.29, 0.717) is 12.8 Å². The van der Waals surface area contributed by atoms with Crippen LogP contribution in [-0.2, 0) is 4.79 Å². The maximum absolute atomic E-state index is 11.5. The molecule has 1 spiro atoms. The lowest BCUT2D eigenvalue weighted by Crippen LogP contribution is -2.53. The smallest absolute Gasteiger partial charge is 0.322 e. The number of hydrogen-bond donors (Lipinski definition) is 2. The summed E-state index contributed by atoms with van der Waals surface area (Å²) in [5, 5.41) is 5.02. The van der Waals surface area contributed by atoms with Gasteiger partial charge in [0.15, 0.2) is 0 Å². The van der Waals surface area contributed by atoms with Gasteiger partial charge >= 0.3 is 6.03 Å². The second-order valence-electron chi connectivity index (χ2n) is 3.60. The summed E-state index contributed by atoms with van der Waals surface area (Å²) in [5.41, 5.74) is -0.622. The first-order valence-electron chi connectivity index (χ1n) is 4.59. The lowest BCUT2D eigenvalue weighted by molar-refractivity contribution is -0.125. The molecule has 0 aromatic rings. The number of urea groups is 1. The minimum atomic E-state index is -0.622. The highest BCUT2D eigenvalue weighted by atomic mass is 32.2. The molecule has 0 aromatic carbocycles. The first kappa shape index (κ1) is 9.79.